The van der Waals surface area contributed by atoms with Gasteiger partial charge < -0.3 is 14.6 Å². The topological polar surface area (TPSA) is 110 Å². The summed E-state index contributed by atoms with van der Waals surface area (Å²) in [5.41, 5.74) is 0.133. The molecule has 3 rings (SSSR count). The number of aliphatic hydroxyl groups excluding tert-OH is 1. The fraction of sp³-hybridized carbons (Fsp3) is 0.737. The standard InChI is InChI=1S/C19H27NO7S3/c1-4-11(5-2)17(23)26-9-27-18(24)14-19(28-12-6-7-30(25)8-12)29-16-13(10(3)21)15(22)20(14)16/h10-13,16,21H,4-9H2,1-3H3/t10-,12+,13?,16-,30?/m1/s1. The van der Waals surface area contributed by atoms with E-state index in [2.05, 4.69) is 0 Å². The zero-order chi connectivity index (χ0) is 22.0. The Hall–Kier alpha value is -1.04. The number of ether oxygens (including phenoxy) is 2. The second-order valence-electron chi connectivity index (χ2n) is 7.48. The van der Waals surface area contributed by atoms with Crippen LogP contribution in [0.4, 0.5) is 0 Å². The zero-order valence-electron chi connectivity index (χ0n) is 17.2. The Kier molecular flexibility index (Phi) is 7.92. The van der Waals surface area contributed by atoms with Gasteiger partial charge in [0.2, 0.25) is 12.7 Å². The zero-order valence-corrected chi connectivity index (χ0v) is 19.6. The first-order chi connectivity index (χ1) is 14.3. The maximum atomic E-state index is 12.8. The molecule has 2 saturated heterocycles. The second-order valence-corrected chi connectivity index (χ2v) is 11.8. The van der Waals surface area contributed by atoms with Crippen molar-refractivity contribution in [3.05, 3.63) is 9.93 Å². The van der Waals surface area contributed by atoms with Crippen LogP contribution in [0.5, 0.6) is 0 Å². The number of aliphatic hydroxyl groups is 1. The molecule has 0 aromatic rings. The Bertz CT molecular complexity index is 765. The average molecular weight is 478 g/mol. The first kappa shape index (κ1) is 23.6. The van der Waals surface area contributed by atoms with E-state index in [1.807, 2.05) is 13.8 Å². The number of carbonyl (C=O) groups excluding carboxylic acids is 3. The Balaban J connectivity index is 1.69. The molecule has 3 heterocycles. The SMILES string of the molecule is CCC(CC)C(=O)OCOC(=O)C1=C(S[C@H]2CCS(=O)C2)S[C@@H]2C([C@@H](C)O)C(=O)N12. The summed E-state index contributed by atoms with van der Waals surface area (Å²) in [5, 5.41) is 9.66. The Morgan fingerprint density at radius 2 is 2.03 bits per heavy atom. The van der Waals surface area contributed by atoms with Gasteiger partial charge in [-0.15, -0.1) is 11.8 Å². The minimum Gasteiger partial charge on any atom is -0.428 e. The molecule has 0 spiro atoms. The lowest BCUT2D eigenvalue weighted by molar-refractivity contribution is -0.172. The van der Waals surface area contributed by atoms with E-state index < -0.39 is 41.6 Å². The predicted octanol–water partition coefficient (Wildman–Crippen LogP) is 1.80. The van der Waals surface area contributed by atoms with Crippen molar-refractivity contribution < 1.29 is 33.2 Å². The van der Waals surface area contributed by atoms with Gasteiger partial charge >= 0.3 is 11.9 Å². The number of esters is 2. The van der Waals surface area contributed by atoms with E-state index in [0.717, 1.165) is 6.42 Å². The van der Waals surface area contributed by atoms with E-state index in [1.54, 1.807) is 6.92 Å². The van der Waals surface area contributed by atoms with Crippen molar-refractivity contribution in [1.82, 2.24) is 4.90 Å². The minimum absolute atomic E-state index is 0.0997. The summed E-state index contributed by atoms with van der Waals surface area (Å²) in [4.78, 5) is 38.7. The Morgan fingerprint density at radius 1 is 1.33 bits per heavy atom. The lowest BCUT2D eigenvalue weighted by atomic mass is 9.92. The van der Waals surface area contributed by atoms with Gasteiger partial charge in [-0.2, -0.15) is 0 Å². The van der Waals surface area contributed by atoms with Crippen LogP contribution in [0.1, 0.15) is 40.0 Å². The number of hydrogen-bond donors (Lipinski definition) is 1. The van der Waals surface area contributed by atoms with Crippen LogP contribution in [-0.2, 0) is 34.7 Å². The van der Waals surface area contributed by atoms with Crippen LogP contribution in [0.25, 0.3) is 0 Å². The number of fused-ring (bicyclic) bond motifs is 1. The molecular formula is C19H27NO7S3. The van der Waals surface area contributed by atoms with Crippen LogP contribution in [-0.4, -0.2) is 67.1 Å². The summed E-state index contributed by atoms with van der Waals surface area (Å²) >= 11 is 2.79. The van der Waals surface area contributed by atoms with Crippen LogP contribution in [0.2, 0.25) is 0 Å². The summed E-state index contributed by atoms with van der Waals surface area (Å²) in [6, 6.07) is 0. The monoisotopic (exact) mass is 477 g/mol. The van der Waals surface area contributed by atoms with E-state index in [0.29, 0.717) is 28.6 Å². The summed E-state index contributed by atoms with van der Waals surface area (Å²) in [7, 11) is -0.862. The molecule has 5 atom stereocenters. The van der Waals surface area contributed by atoms with E-state index >= 15 is 0 Å². The molecule has 0 aromatic carbocycles. The largest absolute Gasteiger partial charge is 0.428 e. The van der Waals surface area contributed by atoms with Crippen molar-refractivity contribution in [3.63, 3.8) is 0 Å². The van der Waals surface area contributed by atoms with Gasteiger partial charge in [0.15, 0.2) is 5.70 Å². The molecule has 0 radical (unpaired) electrons. The summed E-state index contributed by atoms with van der Waals surface area (Å²) in [6.07, 6.45) is 1.22. The molecule has 168 valence electrons. The first-order valence-electron chi connectivity index (χ1n) is 10.1. The number of thioether (sulfide) groups is 2. The van der Waals surface area contributed by atoms with Crippen molar-refractivity contribution in [1.29, 1.82) is 0 Å². The third kappa shape index (κ3) is 4.73. The molecule has 0 saturated carbocycles. The third-order valence-electron chi connectivity index (χ3n) is 5.48. The van der Waals surface area contributed by atoms with Crippen molar-refractivity contribution >= 4 is 52.2 Å². The second kappa shape index (κ2) is 10.1. The summed E-state index contributed by atoms with van der Waals surface area (Å²) in [5.74, 6) is -1.13. The molecule has 3 aliphatic heterocycles. The number of β-lactam (4-membered cyclic amide) rings is 1. The molecule has 1 amide bonds. The maximum Gasteiger partial charge on any atom is 0.359 e. The van der Waals surface area contributed by atoms with Crippen LogP contribution in [0, 0.1) is 11.8 Å². The highest BCUT2D eigenvalue weighted by molar-refractivity contribution is 8.23. The van der Waals surface area contributed by atoms with Gasteiger partial charge in [0, 0.05) is 27.6 Å². The van der Waals surface area contributed by atoms with E-state index in [9.17, 15) is 23.7 Å². The van der Waals surface area contributed by atoms with Crippen molar-refractivity contribution in [2.24, 2.45) is 11.8 Å². The molecule has 30 heavy (non-hydrogen) atoms. The van der Waals surface area contributed by atoms with Crippen molar-refractivity contribution in [3.8, 4) is 0 Å². The van der Waals surface area contributed by atoms with Crippen LogP contribution >= 0.6 is 23.5 Å². The number of rotatable bonds is 9. The normalized spacial score (nSPS) is 29.1. The Morgan fingerprint density at radius 3 is 2.60 bits per heavy atom. The third-order valence-corrected chi connectivity index (χ3v) is 10.0. The molecule has 2 fully saturated rings. The fourth-order valence-corrected chi connectivity index (χ4v) is 8.90. The predicted molar refractivity (Wildman–Crippen MR) is 115 cm³/mol. The molecule has 0 aromatic heterocycles. The van der Waals surface area contributed by atoms with Crippen LogP contribution < -0.4 is 0 Å². The Labute approximate surface area is 186 Å². The summed E-state index contributed by atoms with van der Waals surface area (Å²) < 4.78 is 22.6. The highest BCUT2D eigenvalue weighted by Gasteiger charge is 2.58. The molecule has 11 heteroatoms. The van der Waals surface area contributed by atoms with Gasteiger partial charge in [-0.05, 0) is 26.2 Å². The fourth-order valence-electron chi connectivity index (χ4n) is 3.65. The molecule has 0 bridgehead atoms. The first-order valence-corrected chi connectivity index (χ1v) is 13.3. The molecule has 0 aliphatic carbocycles. The van der Waals surface area contributed by atoms with Crippen molar-refractivity contribution in [2.45, 2.75) is 56.8 Å². The molecular weight excluding hydrogens is 450 g/mol. The molecule has 3 aliphatic rings. The van der Waals surface area contributed by atoms with E-state index in [4.69, 9.17) is 9.47 Å². The summed E-state index contributed by atoms with van der Waals surface area (Å²) in [6.45, 7) is 4.81. The average Bonchev–Trinajstić information content (AvgIpc) is 3.23. The van der Waals surface area contributed by atoms with Gasteiger partial charge in [-0.25, -0.2) is 4.79 Å². The van der Waals surface area contributed by atoms with Gasteiger partial charge in [-0.3, -0.25) is 18.7 Å². The minimum atomic E-state index is -0.862. The van der Waals surface area contributed by atoms with Gasteiger partial charge in [0.05, 0.1) is 22.2 Å². The highest BCUT2D eigenvalue weighted by atomic mass is 32.2. The number of amides is 1. The number of nitrogens with zero attached hydrogens (tertiary/aromatic N) is 1. The van der Waals surface area contributed by atoms with E-state index in [-0.39, 0.29) is 28.1 Å². The smallest absolute Gasteiger partial charge is 0.359 e. The lowest BCUT2D eigenvalue weighted by Crippen LogP contribution is -2.60. The highest BCUT2D eigenvalue weighted by Crippen LogP contribution is 2.55. The van der Waals surface area contributed by atoms with Crippen LogP contribution in [0.3, 0.4) is 0 Å². The quantitative estimate of drug-likeness (QED) is 0.302. The van der Waals surface area contributed by atoms with Gasteiger partial charge in [0.1, 0.15) is 5.37 Å². The number of hydrogen-bond acceptors (Lipinski definition) is 9. The number of carbonyl (C=O) groups is 3. The van der Waals surface area contributed by atoms with E-state index in [1.165, 1.54) is 28.4 Å². The van der Waals surface area contributed by atoms with Gasteiger partial charge in [-0.1, -0.05) is 25.6 Å². The molecule has 1 N–H and O–H groups in total. The molecule has 2 unspecified atom stereocenters. The lowest BCUT2D eigenvalue weighted by Gasteiger charge is -2.43. The van der Waals surface area contributed by atoms with Crippen molar-refractivity contribution in [2.75, 3.05) is 18.3 Å². The molecule has 8 nitrogen and oxygen atoms in total. The van der Waals surface area contributed by atoms with Crippen LogP contribution in [0.15, 0.2) is 9.93 Å². The maximum absolute atomic E-state index is 12.8. The van der Waals surface area contributed by atoms with Gasteiger partial charge in [0.25, 0.3) is 0 Å².